The highest BCUT2D eigenvalue weighted by Gasteiger charge is 2.20. The fourth-order valence-electron chi connectivity index (χ4n) is 3.60. The zero-order valence-electron chi connectivity index (χ0n) is 15.6. The number of fused-ring (bicyclic) bond motifs is 3. The van der Waals surface area contributed by atoms with Crippen molar-refractivity contribution in [2.24, 2.45) is 4.99 Å². The standard InChI is InChI=1S/C22H19Cl2N3O/c1-13-4-3-5-18(14(13)2)26-21(28)12-27-19-7-9-25-8-6-16(19)22-17(24)10-15(23)11-20(22)27/h3-5,7-11H,6,12H2,1-2H3,(H,26,28). The smallest absolute Gasteiger partial charge is 0.244 e. The number of nitrogens with one attached hydrogen (secondary N) is 1. The lowest BCUT2D eigenvalue weighted by Crippen LogP contribution is -2.20. The second kappa shape index (κ2) is 7.46. The van der Waals surface area contributed by atoms with Crippen molar-refractivity contribution in [3.63, 3.8) is 0 Å². The van der Waals surface area contributed by atoms with E-state index < -0.39 is 0 Å². The first-order valence-electron chi connectivity index (χ1n) is 9.00. The summed E-state index contributed by atoms with van der Waals surface area (Å²) in [6.07, 6.45) is 6.13. The van der Waals surface area contributed by atoms with Crippen LogP contribution in [0.2, 0.25) is 10.0 Å². The number of hydrogen-bond acceptors (Lipinski definition) is 2. The van der Waals surface area contributed by atoms with Crippen molar-refractivity contribution in [3.8, 4) is 0 Å². The van der Waals surface area contributed by atoms with Gasteiger partial charge in [-0.2, -0.15) is 0 Å². The maximum atomic E-state index is 12.9. The maximum absolute atomic E-state index is 12.9. The average Bonchev–Trinajstić information content (AvgIpc) is 2.80. The van der Waals surface area contributed by atoms with Crippen LogP contribution in [0.3, 0.4) is 0 Å². The molecule has 1 aliphatic heterocycles. The zero-order valence-corrected chi connectivity index (χ0v) is 17.1. The van der Waals surface area contributed by atoms with E-state index in [0.29, 0.717) is 16.5 Å². The molecule has 28 heavy (non-hydrogen) atoms. The quantitative estimate of drug-likeness (QED) is 0.581. The summed E-state index contributed by atoms with van der Waals surface area (Å²) in [6.45, 7) is 4.18. The first-order chi connectivity index (χ1) is 13.5. The van der Waals surface area contributed by atoms with E-state index in [4.69, 9.17) is 23.2 Å². The molecule has 3 aromatic rings. The minimum absolute atomic E-state index is 0.108. The van der Waals surface area contributed by atoms with Crippen LogP contribution < -0.4 is 5.32 Å². The molecule has 0 saturated carbocycles. The molecule has 1 aliphatic rings. The SMILES string of the molecule is Cc1cccc(NC(=O)Cn2c3c(c4c(Cl)cc(Cl)cc42)CC=NC=C3)c1C. The number of anilines is 1. The highest BCUT2D eigenvalue weighted by molar-refractivity contribution is 6.39. The van der Waals surface area contributed by atoms with Gasteiger partial charge in [0.1, 0.15) is 6.54 Å². The third kappa shape index (κ3) is 3.34. The van der Waals surface area contributed by atoms with Crippen LogP contribution in [0, 0.1) is 13.8 Å². The Morgan fingerprint density at radius 2 is 2.07 bits per heavy atom. The number of carbonyl (C=O) groups is 1. The molecule has 1 aromatic heterocycles. The Hall–Kier alpha value is -2.56. The predicted molar refractivity (Wildman–Crippen MR) is 118 cm³/mol. The molecule has 4 nitrogen and oxygen atoms in total. The van der Waals surface area contributed by atoms with Gasteiger partial charge in [-0.05, 0) is 54.8 Å². The fraction of sp³-hybridized carbons (Fsp3) is 0.182. The van der Waals surface area contributed by atoms with Crippen molar-refractivity contribution in [1.29, 1.82) is 0 Å². The van der Waals surface area contributed by atoms with Crippen LogP contribution in [0.25, 0.3) is 17.0 Å². The maximum Gasteiger partial charge on any atom is 0.244 e. The zero-order chi connectivity index (χ0) is 19.8. The number of halogens is 2. The lowest BCUT2D eigenvalue weighted by molar-refractivity contribution is -0.116. The van der Waals surface area contributed by atoms with Crippen molar-refractivity contribution in [3.05, 3.63) is 69.0 Å². The molecular weight excluding hydrogens is 393 g/mol. The van der Waals surface area contributed by atoms with E-state index in [9.17, 15) is 4.79 Å². The van der Waals surface area contributed by atoms with E-state index in [0.717, 1.165) is 39.0 Å². The number of amides is 1. The number of hydrogen-bond donors (Lipinski definition) is 1. The number of nitrogens with zero attached hydrogens (tertiary/aromatic N) is 2. The monoisotopic (exact) mass is 411 g/mol. The van der Waals surface area contributed by atoms with Crippen molar-refractivity contribution >= 4 is 58.0 Å². The number of aromatic nitrogens is 1. The summed E-state index contributed by atoms with van der Waals surface area (Å²) in [6, 6.07) is 9.47. The van der Waals surface area contributed by atoms with Crippen molar-refractivity contribution < 1.29 is 4.79 Å². The van der Waals surface area contributed by atoms with Gasteiger partial charge in [-0.1, -0.05) is 35.3 Å². The second-order valence-corrected chi connectivity index (χ2v) is 7.72. The van der Waals surface area contributed by atoms with Gasteiger partial charge in [0.15, 0.2) is 0 Å². The van der Waals surface area contributed by atoms with Crippen LogP contribution >= 0.6 is 23.2 Å². The molecule has 0 spiro atoms. The summed E-state index contributed by atoms with van der Waals surface area (Å²) >= 11 is 12.8. The molecule has 1 N–H and O–H groups in total. The Labute approximate surface area is 173 Å². The lowest BCUT2D eigenvalue weighted by atomic mass is 10.1. The molecule has 0 fully saturated rings. The molecule has 6 heteroatoms. The van der Waals surface area contributed by atoms with E-state index in [1.807, 2.05) is 55.0 Å². The molecule has 142 valence electrons. The van der Waals surface area contributed by atoms with Gasteiger partial charge >= 0.3 is 0 Å². The van der Waals surface area contributed by atoms with Gasteiger partial charge in [-0.15, -0.1) is 0 Å². The molecule has 0 radical (unpaired) electrons. The first-order valence-corrected chi connectivity index (χ1v) is 9.75. The van der Waals surface area contributed by atoms with Crippen molar-refractivity contribution in [2.75, 3.05) is 5.32 Å². The van der Waals surface area contributed by atoms with Gasteiger partial charge in [-0.3, -0.25) is 9.79 Å². The van der Waals surface area contributed by atoms with Gasteiger partial charge in [0, 0.05) is 40.6 Å². The molecular formula is C22H19Cl2N3O. The van der Waals surface area contributed by atoms with Gasteiger partial charge in [0.05, 0.1) is 10.5 Å². The third-order valence-electron chi connectivity index (χ3n) is 5.13. The summed E-state index contributed by atoms with van der Waals surface area (Å²) in [5.74, 6) is -0.108. The Kier molecular flexibility index (Phi) is 5.00. The van der Waals surface area contributed by atoms with Crippen LogP contribution in [-0.2, 0) is 17.8 Å². The van der Waals surface area contributed by atoms with Gasteiger partial charge in [0.2, 0.25) is 5.91 Å². The molecule has 0 bridgehead atoms. The van der Waals surface area contributed by atoms with Crippen molar-refractivity contribution in [2.45, 2.75) is 26.8 Å². The first kappa shape index (κ1) is 18.8. The van der Waals surface area contributed by atoms with E-state index >= 15 is 0 Å². The molecule has 2 aromatic carbocycles. The summed E-state index contributed by atoms with van der Waals surface area (Å²) in [7, 11) is 0. The summed E-state index contributed by atoms with van der Waals surface area (Å²) in [4.78, 5) is 17.1. The Morgan fingerprint density at radius 3 is 2.89 bits per heavy atom. The van der Waals surface area contributed by atoms with Crippen LogP contribution in [0.4, 0.5) is 5.69 Å². The number of benzene rings is 2. The fourth-order valence-corrected chi connectivity index (χ4v) is 4.19. The topological polar surface area (TPSA) is 46.4 Å². The predicted octanol–water partition coefficient (Wildman–Crippen LogP) is 5.80. The van der Waals surface area contributed by atoms with Crippen molar-refractivity contribution in [1.82, 2.24) is 4.57 Å². The van der Waals surface area contributed by atoms with Crippen LogP contribution in [0.5, 0.6) is 0 Å². The van der Waals surface area contributed by atoms with Crippen LogP contribution in [0.15, 0.2) is 41.5 Å². The Morgan fingerprint density at radius 1 is 1.25 bits per heavy atom. The van der Waals surface area contributed by atoms with Gasteiger partial charge in [0.25, 0.3) is 0 Å². The molecule has 2 heterocycles. The summed E-state index contributed by atoms with van der Waals surface area (Å²) in [5, 5.41) is 5.06. The lowest BCUT2D eigenvalue weighted by Gasteiger charge is -2.13. The minimum Gasteiger partial charge on any atom is -0.331 e. The van der Waals surface area contributed by atoms with E-state index in [1.54, 1.807) is 12.3 Å². The van der Waals surface area contributed by atoms with Gasteiger partial charge < -0.3 is 9.88 Å². The largest absolute Gasteiger partial charge is 0.331 e. The molecule has 4 rings (SSSR count). The summed E-state index contributed by atoms with van der Waals surface area (Å²) in [5.41, 5.74) is 5.84. The second-order valence-electron chi connectivity index (χ2n) is 6.88. The highest BCUT2D eigenvalue weighted by atomic mass is 35.5. The molecule has 0 aliphatic carbocycles. The normalized spacial score (nSPS) is 12.9. The van der Waals surface area contributed by atoms with Crippen LogP contribution in [0.1, 0.15) is 22.4 Å². The number of rotatable bonds is 3. The minimum atomic E-state index is -0.108. The molecule has 1 amide bonds. The Balaban J connectivity index is 1.77. The molecule has 0 saturated heterocycles. The van der Waals surface area contributed by atoms with Gasteiger partial charge in [-0.25, -0.2) is 0 Å². The number of aryl methyl sites for hydroxylation is 1. The average molecular weight is 412 g/mol. The van der Waals surface area contributed by atoms with E-state index in [-0.39, 0.29) is 12.5 Å². The third-order valence-corrected chi connectivity index (χ3v) is 5.64. The highest BCUT2D eigenvalue weighted by Crippen LogP contribution is 2.36. The van der Waals surface area contributed by atoms with Crippen LogP contribution in [-0.4, -0.2) is 16.7 Å². The number of aliphatic imine (C=N–C) groups is 1. The molecule has 0 unspecified atom stereocenters. The Bertz CT molecular complexity index is 1160. The van der Waals surface area contributed by atoms with E-state index in [1.165, 1.54) is 0 Å². The number of carbonyl (C=O) groups excluding carboxylic acids is 1. The summed E-state index contributed by atoms with van der Waals surface area (Å²) < 4.78 is 1.95. The molecule has 0 atom stereocenters. The van der Waals surface area contributed by atoms with E-state index in [2.05, 4.69) is 10.3 Å².